The minimum Gasteiger partial charge on any atom is -0.310 e. The number of nitrogens with zero attached hydrogens (tertiary/aromatic N) is 2. The molecule has 0 radical (unpaired) electrons. The zero-order chi connectivity index (χ0) is 37.4. The van der Waals surface area contributed by atoms with Gasteiger partial charge in [-0.25, -0.2) is 0 Å². The molecule has 0 heterocycles. The first-order valence-electron chi connectivity index (χ1n) is 20.2. The van der Waals surface area contributed by atoms with E-state index in [1.54, 1.807) is 0 Å². The van der Waals surface area contributed by atoms with E-state index in [1.807, 2.05) is 0 Å². The monoisotopic (exact) mass is 720 g/mol. The topological polar surface area (TPSA) is 6.48 Å². The molecule has 0 bridgehead atoms. The molecule has 0 saturated carbocycles. The maximum absolute atomic E-state index is 2.59. The van der Waals surface area contributed by atoms with Gasteiger partial charge in [0.25, 0.3) is 0 Å². The number of hydrogen-bond acceptors (Lipinski definition) is 2. The van der Waals surface area contributed by atoms with Crippen LogP contribution < -0.4 is 9.80 Å². The largest absolute Gasteiger partial charge is 0.310 e. The van der Waals surface area contributed by atoms with E-state index in [-0.39, 0.29) is 10.8 Å². The summed E-state index contributed by atoms with van der Waals surface area (Å²) in [5, 5.41) is 2.51. The number of anilines is 6. The summed E-state index contributed by atoms with van der Waals surface area (Å²) in [5.74, 6) is 0. The van der Waals surface area contributed by atoms with Crippen LogP contribution in [0.2, 0.25) is 0 Å². The molecule has 2 nitrogen and oxygen atoms in total. The molecule has 1 atom stereocenters. The van der Waals surface area contributed by atoms with Gasteiger partial charge in [-0.3, -0.25) is 0 Å². The zero-order valence-corrected chi connectivity index (χ0v) is 32.0. The van der Waals surface area contributed by atoms with Crippen LogP contribution in [-0.4, -0.2) is 0 Å². The molecule has 56 heavy (non-hydrogen) atoms. The van der Waals surface area contributed by atoms with Gasteiger partial charge in [0.2, 0.25) is 0 Å². The van der Waals surface area contributed by atoms with Crippen LogP contribution in [0.15, 0.2) is 182 Å². The fraction of sp³-hybridized carbons (Fsp3) is 0.148. The van der Waals surface area contributed by atoms with Gasteiger partial charge in [-0.05, 0) is 142 Å². The van der Waals surface area contributed by atoms with Crippen LogP contribution in [0.4, 0.5) is 34.1 Å². The Morgan fingerprint density at radius 2 is 0.911 bits per heavy atom. The number of para-hydroxylation sites is 2. The molecule has 0 amide bonds. The lowest BCUT2D eigenvalue weighted by Crippen LogP contribution is -2.27. The molecule has 270 valence electrons. The maximum atomic E-state index is 2.59. The number of benzene rings is 8. The Kier molecular flexibility index (Phi) is 7.41. The number of aryl methyl sites for hydroxylation is 2. The smallest absolute Gasteiger partial charge is 0.0505 e. The standard InChI is InChI=1S/C54H44N2/c1-53(2)47-24-12-11-23-45(47)46-30-29-44(36-48(46)53)56(43-28-27-37-15-9-10-16-40(37)35-43)50-26-14-18-39-32-34-54(52(39)50)33-31-38-17-13-25-49(51(38)54)55(41-19-5-3-6-20-41)42-21-7-4-8-22-42/h3-30,35-36H,31-34H2,1-2H3/t54-/m1/s1. The van der Waals surface area contributed by atoms with Crippen molar-refractivity contribution < 1.29 is 0 Å². The second kappa shape index (κ2) is 12.6. The third-order valence-corrected chi connectivity index (χ3v) is 13.2. The molecule has 0 fully saturated rings. The van der Waals surface area contributed by atoms with Gasteiger partial charge in [-0.15, -0.1) is 0 Å². The number of hydrogen-bond donors (Lipinski definition) is 0. The van der Waals surface area contributed by atoms with E-state index in [2.05, 4.69) is 206 Å². The van der Waals surface area contributed by atoms with Gasteiger partial charge >= 0.3 is 0 Å². The molecule has 0 saturated heterocycles. The first kappa shape index (κ1) is 33.0. The summed E-state index contributed by atoms with van der Waals surface area (Å²) in [5.41, 5.74) is 18.5. The molecule has 0 aliphatic heterocycles. The Morgan fingerprint density at radius 1 is 0.393 bits per heavy atom. The van der Waals surface area contributed by atoms with E-state index in [0.29, 0.717) is 0 Å². The van der Waals surface area contributed by atoms with E-state index in [9.17, 15) is 0 Å². The van der Waals surface area contributed by atoms with Crippen LogP contribution in [0.3, 0.4) is 0 Å². The molecule has 0 N–H and O–H groups in total. The molecule has 0 unspecified atom stereocenters. The Balaban J connectivity index is 1.15. The lowest BCUT2D eigenvalue weighted by molar-refractivity contribution is 0.508. The van der Waals surface area contributed by atoms with Crippen LogP contribution in [-0.2, 0) is 23.7 Å². The maximum Gasteiger partial charge on any atom is 0.0505 e. The molecule has 8 aromatic carbocycles. The zero-order valence-electron chi connectivity index (χ0n) is 32.0. The quantitative estimate of drug-likeness (QED) is 0.169. The summed E-state index contributed by atoms with van der Waals surface area (Å²) in [7, 11) is 0. The predicted molar refractivity (Wildman–Crippen MR) is 235 cm³/mol. The van der Waals surface area contributed by atoms with Crippen molar-refractivity contribution in [1.82, 2.24) is 0 Å². The molecule has 3 aliphatic carbocycles. The fourth-order valence-electron chi connectivity index (χ4n) is 10.7. The third kappa shape index (κ3) is 4.88. The SMILES string of the molecule is CC1(C)c2ccccc2-c2ccc(N(c3ccc4ccccc4c3)c3cccc4c3[C@]3(CCc5cccc(N(c6ccccc6)c6ccccc6)c53)CC4)cc21. The summed E-state index contributed by atoms with van der Waals surface area (Å²) in [4.78, 5) is 5.08. The Labute approximate surface area is 330 Å². The predicted octanol–water partition coefficient (Wildman–Crippen LogP) is 14.3. The van der Waals surface area contributed by atoms with Crippen LogP contribution in [0.1, 0.15) is 60.1 Å². The highest BCUT2D eigenvalue weighted by Crippen LogP contribution is 2.60. The van der Waals surface area contributed by atoms with Crippen LogP contribution in [0.5, 0.6) is 0 Å². The normalized spacial score (nSPS) is 17.0. The first-order chi connectivity index (χ1) is 27.5. The summed E-state index contributed by atoms with van der Waals surface area (Å²) in [6, 6.07) is 68.0. The fourth-order valence-corrected chi connectivity index (χ4v) is 10.7. The highest BCUT2D eigenvalue weighted by molar-refractivity contribution is 5.92. The number of fused-ring (bicyclic) bond motifs is 8. The molecule has 8 aromatic rings. The Hall–Kier alpha value is -6.38. The molecular formula is C54H44N2. The van der Waals surface area contributed by atoms with Crippen molar-refractivity contribution >= 4 is 44.9 Å². The lowest BCUT2D eigenvalue weighted by atomic mass is 9.74. The van der Waals surface area contributed by atoms with Gasteiger partial charge in [0.1, 0.15) is 0 Å². The highest BCUT2D eigenvalue weighted by atomic mass is 15.2. The van der Waals surface area contributed by atoms with Crippen LogP contribution in [0.25, 0.3) is 21.9 Å². The first-order valence-corrected chi connectivity index (χ1v) is 20.2. The van der Waals surface area contributed by atoms with Crippen LogP contribution in [0, 0.1) is 0 Å². The van der Waals surface area contributed by atoms with Crippen molar-refractivity contribution in [3.63, 3.8) is 0 Å². The van der Waals surface area contributed by atoms with E-state index in [1.165, 1.54) is 89.4 Å². The van der Waals surface area contributed by atoms with Gasteiger partial charge in [-0.2, -0.15) is 0 Å². The Morgan fingerprint density at radius 3 is 1.57 bits per heavy atom. The molecule has 0 aromatic heterocycles. The van der Waals surface area contributed by atoms with E-state index in [4.69, 9.17) is 0 Å². The van der Waals surface area contributed by atoms with Crippen molar-refractivity contribution in [3.8, 4) is 11.1 Å². The summed E-state index contributed by atoms with van der Waals surface area (Å²) >= 11 is 0. The van der Waals surface area contributed by atoms with Crippen molar-refractivity contribution in [1.29, 1.82) is 0 Å². The van der Waals surface area contributed by atoms with Crippen LogP contribution >= 0.6 is 0 Å². The summed E-state index contributed by atoms with van der Waals surface area (Å²) < 4.78 is 0. The van der Waals surface area contributed by atoms with E-state index < -0.39 is 0 Å². The van der Waals surface area contributed by atoms with E-state index >= 15 is 0 Å². The van der Waals surface area contributed by atoms with Gasteiger partial charge in [-0.1, -0.05) is 135 Å². The second-order valence-electron chi connectivity index (χ2n) is 16.5. The molecular weight excluding hydrogens is 677 g/mol. The summed E-state index contributed by atoms with van der Waals surface area (Å²) in [6.07, 6.45) is 4.32. The lowest BCUT2D eigenvalue weighted by Gasteiger charge is -2.37. The molecule has 1 spiro atoms. The molecule has 2 heteroatoms. The Bertz CT molecular complexity index is 2760. The summed E-state index contributed by atoms with van der Waals surface area (Å²) in [6.45, 7) is 4.78. The van der Waals surface area contributed by atoms with E-state index in [0.717, 1.165) is 25.7 Å². The molecule has 11 rings (SSSR count). The van der Waals surface area contributed by atoms with Crippen molar-refractivity contribution in [2.24, 2.45) is 0 Å². The van der Waals surface area contributed by atoms with Gasteiger partial charge in [0, 0.05) is 33.6 Å². The van der Waals surface area contributed by atoms with Crippen molar-refractivity contribution in [3.05, 3.63) is 215 Å². The number of rotatable bonds is 6. The van der Waals surface area contributed by atoms with Gasteiger partial charge in [0.05, 0.1) is 11.4 Å². The van der Waals surface area contributed by atoms with Crippen molar-refractivity contribution in [2.75, 3.05) is 9.80 Å². The van der Waals surface area contributed by atoms with Gasteiger partial charge < -0.3 is 9.80 Å². The third-order valence-electron chi connectivity index (χ3n) is 13.2. The van der Waals surface area contributed by atoms with Gasteiger partial charge in [0.15, 0.2) is 0 Å². The second-order valence-corrected chi connectivity index (χ2v) is 16.5. The molecule has 3 aliphatic rings. The average Bonchev–Trinajstić information content (AvgIpc) is 3.89. The minimum atomic E-state index is -0.138. The average molecular weight is 721 g/mol. The van der Waals surface area contributed by atoms with Crippen molar-refractivity contribution in [2.45, 2.75) is 50.4 Å². The minimum absolute atomic E-state index is 0.103. The highest BCUT2D eigenvalue weighted by Gasteiger charge is 2.49.